The summed E-state index contributed by atoms with van der Waals surface area (Å²) in [6, 6.07) is 0.0608. The largest absolute Gasteiger partial charge is 0.374 e. The molecule has 0 aliphatic carbocycles. The minimum Gasteiger partial charge on any atom is -0.374 e. The van der Waals surface area contributed by atoms with Gasteiger partial charge in [-0.2, -0.15) is 5.10 Å². The van der Waals surface area contributed by atoms with Gasteiger partial charge in [0, 0.05) is 20.1 Å². The second kappa shape index (κ2) is 5.12. The number of nitrogens with zero attached hydrogens (tertiary/aromatic N) is 3. The van der Waals surface area contributed by atoms with Gasteiger partial charge in [-0.25, -0.2) is 4.98 Å². The second-order valence-electron chi connectivity index (χ2n) is 4.84. The van der Waals surface area contributed by atoms with Crippen molar-refractivity contribution < 1.29 is 4.74 Å². The van der Waals surface area contributed by atoms with Crippen molar-refractivity contribution in [2.45, 2.75) is 44.2 Å². The van der Waals surface area contributed by atoms with Gasteiger partial charge in [0.2, 0.25) is 0 Å². The highest BCUT2D eigenvalue weighted by molar-refractivity contribution is 4.98. The predicted octanol–water partition coefficient (Wildman–Crippen LogP) is 0.149. The van der Waals surface area contributed by atoms with Crippen molar-refractivity contribution in [1.29, 1.82) is 0 Å². The van der Waals surface area contributed by atoms with Crippen molar-refractivity contribution in [2.75, 3.05) is 6.61 Å². The number of aryl methyl sites for hydroxylation is 1. The van der Waals surface area contributed by atoms with Gasteiger partial charge in [-0.05, 0) is 26.2 Å². The summed E-state index contributed by atoms with van der Waals surface area (Å²) in [5.74, 6) is 6.59. The molecular formula is C11H21N5O. The zero-order valence-corrected chi connectivity index (χ0v) is 10.5. The summed E-state index contributed by atoms with van der Waals surface area (Å²) in [6.07, 6.45) is 5.64. The topological polar surface area (TPSA) is 78.0 Å². The molecule has 1 aromatic rings. The van der Waals surface area contributed by atoms with Crippen molar-refractivity contribution in [3.8, 4) is 0 Å². The van der Waals surface area contributed by atoms with Crippen LogP contribution < -0.4 is 11.3 Å². The highest BCUT2D eigenvalue weighted by atomic mass is 16.5. The van der Waals surface area contributed by atoms with Gasteiger partial charge in [0.05, 0.1) is 11.6 Å². The van der Waals surface area contributed by atoms with E-state index in [2.05, 4.69) is 22.4 Å². The maximum absolute atomic E-state index is 5.91. The molecule has 0 bridgehead atoms. The van der Waals surface area contributed by atoms with Crippen LogP contribution in [0.1, 0.15) is 32.0 Å². The molecule has 1 fully saturated rings. The van der Waals surface area contributed by atoms with E-state index < -0.39 is 0 Å². The summed E-state index contributed by atoms with van der Waals surface area (Å²) in [4.78, 5) is 4.23. The maximum Gasteiger partial charge on any atom is 0.138 e. The van der Waals surface area contributed by atoms with Gasteiger partial charge in [0.1, 0.15) is 12.2 Å². The Morgan fingerprint density at radius 1 is 1.65 bits per heavy atom. The zero-order chi connectivity index (χ0) is 12.3. The molecule has 1 aliphatic heterocycles. The van der Waals surface area contributed by atoms with E-state index in [4.69, 9.17) is 10.6 Å². The van der Waals surface area contributed by atoms with Crippen LogP contribution in [0.4, 0.5) is 0 Å². The van der Waals surface area contributed by atoms with Gasteiger partial charge < -0.3 is 4.74 Å². The van der Waals surface area contributed by atoms with Crippen LogP contribution in [-0.4, -0.2) is 33.0 Å². The smallest absolute Gasteiger partial charge is 0.138 e. The molecule has 6 nitrogen and oxygen atoms in total. The van der Waals surface area contributed by atoms with Crippen molar-refractivity contribution in [3.05, 3.63) is 12.2 Å². The molecule has 1 saturated heterocycles. The number of rotatable bonds is 4. The molecular weight excluding hydrogens is 218 g/mol. The summed E-state index contributed by atoms with van der Waals surface area (Å²) >= 11 is 0. The first kappa shape index (κ1) is 12.5. The molecule has 2 heterocycles. The van der Waals surface area contributed by atoms with Crippen molar-refractivity contribution >= 4 is 0 Å². The third-order valence-corrected chi connectivity index (χ3v) is 3.63. The fourth-order valence-electron chi connectivity index (χ4n) is 2.37. The van der Waals surface area contributed by atoms with Crippen LogP contribution in [0.5, 0.6) is 0 Å². The molecule has 0 aromatic carbocycles. The number of nitrogens with one attached hydrogen (secondary N) is 1. The summed E-state index contributed by atoms with van der Waals surface area (Å²) in [5, 5.41) is 4.07. The predicted molar refractivity (Wildman–Crippen MR) is 64.0 cm³/mol. The average Bonchev–Trinajstić information content (AvgIpc) is 2.72. The van der Waals surface area contributed by atoms with E-state index in [1.807, 2.05) is 7.05 Å². The third kappa shape index (κ3) is 2.65. The maximum atomic E-state index is 5.91. The molecule has 1 aliphatic rings. The lowest BCUT2D eigenvalue weighted by atomic mass is 9.86. The first-order chi connectivity index (χ1) is 8.15. The molecule has 6 heteroatoms. The highest BCUT2D eigenvalue weighted by Crippen LogP contribution is 2.28. The number of hydrogen-bond donors (Lipinski definition) is 2. The van der Waals surface area contributed by atoms with Crippen LogP contribution in [0.25, 0.3) is 0 Å². The fourth-order valence-corrected chi connectivity index (χ4v) is 2.37. The van der Waals surface area contributed by atoms with Crippen LogP contribution in [-0.2, 0) is 18.2 Å². The molecule has 2 atom stereocenters. The van der Waals surface area contributed by atoms with Gasteiger partial charge in [0.25, 0.3) is 0 Å². The number of hydrogen-bond acceptors (Lipinski definition) is 5. The molecule has 0 radical (unpaired) electrons. The second-order valence-corrected chi connectivity index (χ2v) is 4.84. The van der Waals surface area contributed by atoms with E-state index in [0.717, 1.165) is 31.7 Å². The standard InChI is InChI=1S/C11H21N5O/c1-11(5-3-4-6-17-11)9(15-12)7-10-13-8-14-16(10)2/h8-9,15H,3-7,12H2,1-2H3. The monoisotopic (exact) mass is 239 g/mol. The summed E-state index contributed by atoms with van der Waals surface area (Å²) in [7, 11) is 1.89. The van der Waals surface area contributed by atoms with E-state index in [1.54, 1.807) is 11.0 Å². The molecule has 96 valence electrons. The van der Waals surface area contributed by atoms with Crippen LogP contribution in [0.15, 0.2) is 6.33 Å². The number of aromatic nitrogens is 3. The Hall–Kier alpha value is -0.980. The molecule has 2 unspecified atom stereocenters. The Kier molecular flexibility index (Phi) is 3.76. The average molecular weight is 239 g/mol. The fraction of sp³-hybridized carbons (Fsp3) is 0.818. The van der Waals surface area contributed by atoms with Gasteiger partial charge in [-0.3, -0.25) is 16.0 Å². The van der Waals surface area contributed by atoms with Gasteiger partial charge in [0.15, 0.2) is 0 Å². The first-order valence-electron chi connectivity index (χ1n) is 6.09. The molecule has 0 amide bonds. The highest BCUT2D eigenvalue weighted by Gasteiger charge is 2.37. The minimum absolute atomic E-state index is 0.0608. The molecule has 2 rings (SSSR count). The number of nitrogens with two attached hydrogens (primary N) is 1. The molecule has 1 aromatic heterocycles. The van der Waals surface area contributed by atoms with Crippen molar-refractivity contribution in [3.63, 3.8) is 0 Å². The lowest BCUT2D eigenvalue weighted by Gasteiger charge is -2.40. The van der Waals surface area contributed by atoms with E-state index in [0.29, 0.717) is 0 Å². The van der Waals surface area contributed by atoms with Crippen molar-refractivity contribution in [2.24, 2.45) is 12.9 Å². The van der Waals surface area contributed by atoms with Gasteiger partial charge in [-0.1, -0.05) is 0 Å². The number of ether oxygens (including phenoxy) is 1. The molecule has 3 N–H and O–H groups in total. The molecule has 17 heavy (non-hydrogen) atoms. The Bertz CT molecular complexity index is 358. The summed E-state index contributed by atoms with van der Waals surface area (Å²) in [5.41, 5.74) is 2.66. The van der Waals surface area contributed by atoms with Gasteiger partial charge in [-0.15, -0.1) is 0 Å². The van der Waals surface area contributed by atoms with Crippen LogP contribution in [0.2, 0.25) is 0 Å². The Labute approximate surface area is 102 Å². The lowest BCUT2D eigenvalue weighted by Crippen LogP contribution is -2.55. The van der Waals surface area contributed by atoms with Crippen LogP contribution >= 0.6 is 0 Å². The first-order valence-corrected chi connectivity index (χ1v) is 6.09. The van der Waals surface area contributed by atoms with E-state index >= 15 is 0 Å². The minimum atomic E-state index is -0.209. The van der Waals surface area contributed by atoms with E-state index in [1.165, 1.54) is 6.42 Å². The third-order valence-electron chi connectivity index (χ3n) is 3.63. The summed E-state index contributed by atoms with van der Waals surface area (Å²) < 4.78 is 7.68. The van der Waals surface area contributed by atoms with E-state index in [9.17, 15) is 0 Å². The Balaban J connectivity index is 2.08. The van der Waals surface area contributed by atoms with Crippen LogP contribution in [0.3, 0.4) is 0 Å². The summed E-state index contributed by atoms with van der Waals surface area (Å²) in [6.45, 7) is 2.93. The zero-order valence-electron chi connectivity index (χ0n) is 10.5. The number of hydrazine groups is 1. The molecule has 0 saturated carbocycles. The quantitative estimate of drug-likeness (QED) is 0.577. The van der Waals surface area contributed by atoms with Gasteiger partial charge >= 0.3 is 0 Å². The Morgan fingerprint density at radius 2 is 2.47 bits per heavy atom. The lowest BCUT2D eigenvalue weighted by molar-refractivity contribution is -0.0889. The Morgan fingerprint density at radius 3 is 3.00 bits per heavy atom. The van der Waals surface area contributed by atoms with Crippen molar-refractivity contribution in [1.82, 2.24) is 20.2 Å². The normalized spacial score (nSPS) is 27.0. The van der Waals surface area contributed by atoms with E-state index in [-0.39, 0.29) is 11.6 Å². The van der Waals surface area contributed by atoms with Crippen LogP contribution in [0, 0.1) is 0 Å². The SMILES string of the molecule is Cn1ncnc1CC(NN)C1(C)CCCCO1. The molecule has 0 spiro atoms.